The molecular weight excluding hydrogens is 256 g/mol. The van der Waals surface area contributed by atoms with Crippen molar-refractivity contribution in [2.75, 3.05) is 18.4 Å². The zero-order valence-corrected chi connectivity index (χ0v) is 13.8. The molecule has 1 saturated carbocycles. The standard InChI is InChI=1S/C19H30N2/c1-4-15-7-5-10-18(11-15)20-19-16-8-6-9-17(19)13-21(12-16)14(2)3/h5,7,10-11,14,16-17,19-20H,4,6,8-9,12-13H2,1-3H3. The summed E-state index contributed by atoms with van der Waals surface area (Å²) >= 11 is 0. The Bertz CT molecular complexity index is 454. The summed E-state index contributed by atoms with van der Waals surface area (Å²) in [5, 5.41) is 3.89. The average Bonchev–Trinajstić information content (AvgIpc) is 2.47. The molecule has 2 fully saturated rings. The van der Waals surface area contributed by atoms with E-state index in [1.54, 1.807) is 0 Å². The molecule has 1 saturated heterocycles. The molecule has 1 N–H and O–H groups in total. The molecule has 116 valence electrons. The quantitative estimate of drug-likeness (QED) is 0.893. The van der Waals surface area contributed by atoms with Crippen LogP contribution in [0.5, 0.6) is 0 Å². The largest absolute Gasteiger partial charge is 0.382 e. The van der Waals surface area contributed by atoms with Crippen LogP contribution in [-0.2, 0) is 6.42 Å². The molecule has 2 bridgehead atoms. The van der Waals surface area contributed by atoms with E-state index in [1.807, 2.05) is 0 Å². The van der Waals surface area contributed by atoms with Crippen molar-refractivity contribution >= 4 is 5.69 Å². The molecule has 2 atom stereocenters. The highest BCUT2D eigenvalue weighted by Gasteiger charge is 2.39. The first-order valence-electron chi connectivity index (χ1n) is 8.77. The zero-order chi connectivity index (χ0) is 14.8. The van der Waals surface area contributed by atoms with Gasteiger partial charge < -0.3 is 10.2 Å². The predicted molar refractivity (Wildman–Crippen MR) is 90.8 cm³/mol. The van der Waals surface area contributed by atoms with Crippen molar-refractivity contribution in [2.24, 2.45) is 11.8 Å². The number of hydrogen-bond donors (Lipinski definition) is 1. The lowest BCUT2D eigenvalue weighted by Crippen LogP contribution is -2.56. The summed E-state index contributed by atoms with van der Waals surface area (Å²) in [7, 11) is 0. The number of piperidine rings is 1. The van der Waals surface area contributed by atoms with E-state index in [0.29, 0.717) is 12.1 Å². The fourth-order valence-electron chi connectivity index (χ4n) is 4.20. The third-order valence-corrected chi connectivity index (χ3v) is 5.50. The average molecular weight is 286 g/mol. The Kier molecular flexibility index (Phi) is 4.54. The number of fused-ring (bicyclic) bond motifs is 2. The molecule has 0 aromatic heterocycles. The van der Waals surface area contributed by atoms with Gasteiger partial charge in [0.1, 0.15) is 0 Å². The summed E-state index contributed by atoms with van der Waals surface area (Å²) < 4.78 is 0. The summed E-state index contributed by atoms with van der Waals surface area (Å²) in [5.74, 6) is 1.65. The highest BCUT2D eigenvalue weighted by molar-refractivity contribution is 5.47. The highest BCUT2D eigenvalue weighted by atomic mass is 15.2. The van der Waals surface area contributed by atoms with Crippen molar-refractivity contribution in [2.45, 2.75) is 58.5 Å². The maximum atomic E-state index is 3.89. The Hall–Kier alpha value is -1.02. The molecule has 0 amide bonds. The lowest BCUT2D eigenvalue weighted by atomic mass is 9.73. The number of aryl methyl sites for hydroxylation is 1. The van der Waals surface area contributed by atoms with Crippen LogP contribution in [0.1, 0.15) is 45.6 Å². The molecule has 1 aliphatic carbocycles. The van der Waals surface area contributed by atoms with Gasteiger partial charge in [0.2, 0.25) is 0 Å². The van der Waals surface area contributed by atoms with Crippen LogP contribution in [0.3, 0.4) is 0 Å². The number of nitrogens with zero attached hydrogens (tertiary/aromatic N) is 1. The number of anilines is 1. The minimum absolute atomic E-state index is 0.681. The predicted octanol–water partition coefficient (Wildman–Crippen LogP) is 4.17. The van der Waals surface area contributed by atoms with Gasteiger partial charge in [-0.05, 0) is 62.6 Å². The normalized spacial score (nSPS) is 29.6. The minimum atomic E-state index is 0.681. The lowest BCUT2D eigenvalue weighted by molar-refractivity contribution is 0.0518. The Morgan fingerprint density at radius 1 is 1.19 bits per heavy atom. The molecule has 0 radical (unpaired) electrons. The van der Waals surface area contributed by atoms with Gasteiger partial charge >= 0.3 is 0 Å². The summed E-state index contributed by atoms with van der Waals surface area (Å²) in [6.07, 6.45) is 5.33. The third kappa shape index (κ3) is 3.26. The Balaban J connectivity index is 1.73. The van der Waals surface area contributed by atoms with E-state index in [-0.39, 0.29) is 0 Å². The fraction of sp³-hybridized carbons (Fsp3) is 0.684. The van der Waals surface area contributed by atoms with E-state index in [2.05, 4.69) is 55.3 Å². The highest BCUT2D eigenvalue weighted by Crippen LogP contribution is 2.37. The van der Waals surface area contributed by atoms with E-state index in [9.17, 15) is 0 Å². The number of likely N-dealkylation sites (tertiary alicyclic amines) is 1. The summed E-state index contributed by atoms with van der Waals surface area (Å²) in [4.78, 5) is 2.69. The van der Waals surface area contributed by atoms with Crippen molar-refractivity contribution in [3.8, 4) is 0 Å². The van der Waals surface area contributed by atoms with Gasteiger partial charge in [-0.15, -0.1) is 0 Å². The van der Waals surface area contributed by atoms with E-state index in [0.717, 1.165) is 18.3 Å². The molecular formula is C19H30N2. The van der Waals surface area contributed by atoms with Gasteiger partial charge in [0.05, 0.1) is 0 Å². The molecule has 21 heavy (non-hydrogen) atoms. The molecule has 3 rings (SSSR count). The Labute approximate surface area is 129 Å². The molecule has 2 nitrogen and oxygen atoms in total. The second kappa shape index (κ2) is 6.39. The molecule has 1 aromatic carbocycles. The molecule has 2 heteroatoms. The van der Waals surface area contributed by atoms with Crippen molar-refractivity contribution in [1.29, 1.82) is 0 Å². The first-order valence-corrected chi connectivity index (χ1v) is 8.77. The number of rotatable bonds is 4. The lowest BCUT2D eigenvalue weighted by Gasteiger charge is -2.49. The van der Waals surface area contributed by atoms with Crippen LogP contribution in [0.25, 0.3) is 0 Å². The van der Waals surface area contributed by atoms with Gasteiger partial charge in [-0.25, -0.2) is 0 Å². The van der Waals surface area contributed by atoms with Gasteiger partial charge in [0.15, 0.2) is 0 Å². The number of benzene rings is 1. The number of nitrogens with one attached hydrogen (secondary N) is 1. The zero-order valence-electron chi connectivity index (χ0n) is 13.8. The van der Waals surface area contributed by atoms with Crippen molar-refractivity contribution in [3.63, 3.8) is 0 Å². The van der Waals surface area contributed by atoms with Crippen molar-refractivity contribution < 1.29 is 0 Å². The topological polar surface area (TPSA) is 15.3 Å². The smallest absolute Gasteiger partial charge is 0.0345 e. The Morgan fingerprint density at radius 3 is 2.52 bits per heavy atom. The van der Waals surface area contributed by atoms with Crippen LogP contribution < -0.4 is 5.32 Å². The van der Waals surface area contributed by atoms with Crippen molar-refractivity contribution in [3.05, 3.63) is 29.8 Å². The van der Waals surface area contributed by atoms with Crippen LogP contribution in [0.4, 0.5) is 5.69 Å². The van der Waals surface area contributed by atoms with Gasteiger partial charge in [0.25, 0.3) is 0 Å². The molecule has 2 aliphatic rings. The first-order chi connectivity index (χ1) is 10.2. The van der Waals surface area contributed by atoms with E-state index >= 15 is 0 Å². The fourth-order valence-corrected chi connectivity index (χ4v) is 4.20. The second-order valence-electron chi connectivity index (χ2n) is 7.22. The van der Waals surface area contributed by atoms with E-state index < -0.39 is 0 Å². The van der Waals surface area contributed by atoms with Gasteiger partial charge in [-0.3, -0.25) is 0 Å². The van der Waals surface area contributed by atoms with Gasteiger partial charge in [-0.2, -0.15) is 0 Å². The van der Waals surface area contributed by atoms with Crippen LogP contribution in [0, 0.1) is 11.8 Å². The van der Waals surface area contributed by atoms with Crippen LogP contribution in [-0.4, -0.2) is 30.1 Å². The molecule has 0 spiro atoms. The summed E-state index contributed by atoms with van der Waals surface area (Å²) in [6, 6.07) is 10.4. The molecule has 1 aliphatic heterocycles. The maximum absolute atomic E-state index is 3.89. The SMILES string of the molecule is CCc1cccc(NC2C3CCCC2CN(C(C)C)C3)c1. The summed E-state index contributed by atoms with van der Waals surface area (Å²) in [6.45, 7) is 9.47. The van der Waals surface area contributed by atoms with E-state index in [4.69, 9.17) is 0 Å². The minimum Gasteiger partial charge on any atom is -0.382 e. The number of hydrogen-bond acceptors (Lipinski definition) is 2. The van der Waals surface area contributed by atoms with Gasteiger partial charge in [-0.1, -0.05) is 25.5 Å². The molecule has 1 heterocycles. The van der Waals surface area contributed by atoms with Crippen LogP contribution in [0.2, 0.25) is 0 Å². The first kappa shape index (κ1) is 14.9. The van der Waals surface area contributed by atoms with Crippen molar-refractivity contribution in [1.82, 2.24) is 4.90 Å². The third-order valence-electron chi connectivity index (χ3n) is 5.50. The van der Waals surface area contributed by atoms with Crippen LogP contribution in [0.15, 0.2) is 24.3 Å². The second-order valence-corrected chi connectivity index (χ2v) is 7.22. The van der Waals surface area contributed by atoms with E-state index in [1.165, 1.54) is 43.6 Å². The molecule has 1 aromatic rings. The monoisotopic (exact) mass is 286 g/mol. The maximum Gasteiger partial charge on any atom is 0.0345 e. The Morgan fingerprint density at radius 2 is 1.90 bits per heavy atom. The van der Waals surface area contributed by atoms with Gasteiger partial charge in [0, 0.05) is 30.9 Å². The molecule has 2 unspecified atom stereocenters. The summed E-state index contributed by atoms with van der Waals surface area (Å²) in [5.41, 5.74) is 2.76. The van der Waals surface area contributed by atoms with Crippen LogP contribution >= 0.6 is 0 Å².